The fourth-order valence-electron chi connectivity index (χ4n) is 1.11. The van der Waals surface area contributed by atoms with Crippen LogP contribution in [0.3, 0.4) is 0 Å². The average molecular weight is 214 g/mol. The summed E-state index contributed by atoms with van der Waals surface area (Å²) < 4.78 is 0. The van der Waals surface area contributed by atoms with Gasteiger partial charge in [-0.2, -0.15) is 0 Å². The van der Waals surface area contributed by atoms with E-state index in [2.05, 4.69) is 22.5 Å². The number of aromatic nitrogens is 1. The zero-order chi connectivity index (χ0) is 10.2. The Balaban J connectivity index is 2.21. The van der Waals surface area contributed by atoms with Crippen LogP contribution in [-0.4, -0.2) is 24.6 Å². The van der Waals surface area contributed by atoms with Crippen LogP contribution in [0.25, 0.3) is 0 Å². The Morgan fingerprint density at radius 3 is 3.00 bits per heavy atom. The molecule has 0 amide bonds. The van der Waals surface area contributed by atoms with Gasteiger partial charge in [-0.3, -0.25) is 0 Å². The van der Waals surface area contributed by atoms with Crippen molar-refractivity contribution < 1.29 is 0 Å². The molecule has 3 nitrogen and oxygen atoms in total. The molecule has 78 valence electrons. The molecule has 0 atom stereocenters. The van der Waals surface area contributed by atoms with Crippen molar-refractivity contribution in [3.63, 3.8) is 0 Å². The van der Waals surface area contributed by atoms with Crippen molar-refractivity contribution in [2.45, 2.75) is 13.3 Å². The lowest BCUT2D eigenvalue weighted by atomic mass is 10.4. The molecule has 4 heteroatoms. The maximum absolute atomic E-state index is 5.92. The highest BCUT2D eigenvalue weighted by Gasteiger charge is 1.97. The minimum absolute atomic E-state index is 0.677. The molecule has 0 saturated carbocycles. The van der Waals surface area contributed by atoms with Crippen LogP contribution in [0, 0.1) is 0 Å². The van der Waals surface area contributed by atoms with Gasteiger partial charge in [0.2, 0.25) is 0 Å². The summed E-state index contributed by atoms with van der Waals surface area (Å²) >= 11 is 5.92. The van der Waals surface area contributed by atoms with Gasteiger partial charge in [-0.15, -0.1) is 0 Å². The van der Waals surface area contributed by atoms with Gasteiger partial charge in [0.05, 0.1) is 5.02 Å². The number of nitrogens with zero attached hydrogens (tertiary/aromatic N) is 1. The maximum Gasteiger partial charge on any atom is 0.144 e. The van der Waals surface area contributed by atoms with Crippen LogP contribution in [0.4, 0.5) is 5.82 Å². The second-order valence-corrected chi connectivity index (χ2v) is 3.37. The molecule has 0 aromatic carbocycles. The third-order valence-electron chi connectivity index (χ3n) is 1.83. The molecule has 0 radical (unpaired) electrons. The second kappa shape index (κ2) is 6.62. The van der Waals surface area contributed by atoms with Gasteiger partial charge in [0, 0.05) is 12.7 Å². The Kier molecular flexibility index (Phi) is 5.33. The van der Waals surface area contributed by atoms with Gasteiger partial charge >= 0.3 is 0 Å². The van der Waals surface area contributed by atoms with Gasteiger partial charge in [-0.1, -0.05) is 18.5 Å². The molecule has 0 aliphatic carbocycles. The van der Waals surface area contributed by atoms with Crippen LogP contribution in [0.15, 0.2) is 18.3 Å². The number of pyridine rings is 1. The summed E-state index contributed by atoms with van der Waals surface area (Å²) in [7, 11) is 0. The Hall–Kier alpha value is -0.800. The quantitative estimate of drug-likeness (QED) is 0.711. The number of anilines is 1. The average Bonchev–Trinajstić information content (AvgIpc) is 2.20. The van der Waals surface area contributed by atoms with E-state index in [-0.39, 0.29) is 0 Å². The summed E-state index contributed by atoms with van der Waals surface area (Å²) in [5, 5.41) is 7.12. The summed E-state index contributed by atoms with van der Waals surface area (Å²) in [5.74, 6) is 0.769. The summed E-state index contributed by atoms with van der Waals surface area (Å²) in [6.07, 6.45) is 2.80. The van der Waals surface area contributed by atoms with Crippen LogP contribution < -0.4 is 10.6 Å². The first-order chi connectivity index (χ1) is 6.84. The summed E-state index contributed by atoms with van der Waals surface area (Å²) in [4.78, 5) is 4.13. The molecule has 0 aliphatic heterocycles. The van der Waals surface area contributed by atoms with E-state index in [1.54, 1.807) is 6.20 Å². The lowest BCUT2D eigenvalue weighted by Crippen LogP contribution is -2.17. The van der Waals surface area contributed by atoms with Crippen molar-refractivity contribution in [1.82, 2.24) is 10.3 Å². The summed E-state index contributed by atoms with van der Waals surface area (Å²) in [5.41, 5.74) is 0. The molecule has 0 bridgehead atoms. The number of halogens is 1. The monoisotopic (exact) mass is 213 g/mol. The first-order valence-corrected chi connectivity index (χ1v) is 5.27. The smallest absolute Gasteiger partial charge is 0.144 e. The van der Waals surface area contributed by atoms with E-state index in [1.165, 1.54) is 0 Å². The maximum atomic E-state index is 5.92. The lowest BCUT2D eigenvalue weighted by molar-refractivity contribution is 0.688. The predicted molar refractivity (Wildman–Crippen MR) is 60.9 cm³/mol. The molecule has 0 spiro atoms. The normalized spacial score (nSPS) is 10.1. The molecule has 1 heterocycles. The molecular weight excluding hydrogens is 198 g/mol. The molecule has 0 fully saturated rings. The van der Waals surface area contributed by atoms with Crippen molar-refractivity contribution in [2.75, 3.05) is 25.0 Å². The minimum Gasteiger partial charge on any atom is -0.369 e. The molecular formula is C10H16ClN3. The van der Waals surface area contributed by atoms with E-state index in [9.17, 15) is 0 Å². The number of rotatable bonds is 6. The topological polar surface area (TPSA) is 37.0 Å². The van der Waals surface area contributed by atoms with Gasteiger partial charge in [-0.05, 0) is 31.6 Å². The Morgan fingerprint density at radius 2 is 2.29 bits per heavy atom. The fourth-order valence-corrected chi connectivity index (χ4v) is 1.30. The van der Waals surface area contributed by atoms with Crippen LogP contribution in [0.1, 0.15) is 13.3 Å². The van der Waals surface area contributed by atoms with Gasteiger partial charge in [0.25, 0.3) is 0 Å². The van der Waals surface area contributed by atoms with Crippen molar-refractivity contribution in [3.05, 3.63) is 23.4 Å². The summed E-state index contributed by atoms with van der Waals surface area (Å²) in [6, 6.07) is 3.66. The van der Waals surface area contributed by atoms with Crippen LogP contribution >= 0.6 is 11.6 Å². The third kappa shape index (κ3) is 3.94. The van der Waals surface area contributed by atoms with Gasteiger partial charge < -0.3 is 10.6 Å². The number of hydrogen-bond donors (Lipinski definition) is 2. The highest BCUT2D eigenvalue weighted by molar-refractivity contribution is 6.32. The SMILES string of the molecule is CCNCCCNc1ncccc1Cl. The van der Waals surface area contributed by atoms with Crippen LogP contribution in [-0.2, 0) is 0 Å². The van der Waals surface area contributed by atoms with Crippen LogP contribution in [0.5, 0.6) is 0 Å². The van der Waals surface area contributed by atoms with Crippen molar-refractivity contribution in [1.29, 1.82) is 0 Å². The molecule has 1 aromatic rings. The molecule has 0 saturated heterocycles. The minimum atomic E-state index is 0.677. The van der Waals surface area contributed by atoms with E-state index in [0.29, 0.717) is 5.02 Å². The van der Waals surface area contributed by atoms with E-state index in [1.807, 2.05) is 12.1 Å². The van der Waals surface area contributed by atoms with E-state index < -0.39 is 0 Å². The van der Waals surface area contributed by atoms with E-state index >= 15 is 0 Å². The number of hydrogen-bond acceptors (Lipinski definition) is 3. The molecule has 14 heavy (non-hydrogen) atoms. The Labute approximate surface area is 89.9 Å². The third-order valence-corrected chi connectivity index (χ3v) is 2.14. The Morgan fingerprint density at radius 1 is 1.43 bits per heavy atom. The first kappa shape index (κ1) is 11.3. The lowest BCUT2D eigenvalue weighted by Gasteiger charge is -2.06. The zero-order valence-corrected chi connectivity index (χ0v) is 9.14. The zero-order valence-electron chi connectivity index (χ0n) is 8.39. The summed E-state index contributed by atoms with van der Waals surface area (Å²) in [6.45, 7) is 5.03. The Bertz CT molecular complexity index is 265. The van der Waals surface area contributed by atoms with Gasteiger partial charge in [0.15, 0.2) is 0 Å². The van der Waals surface area contributed by atoms with Crippen molar-refractivity contribution >= 4 is 17.4 Å². The van der Waals surface area contributed by atoms with E-state index in [0.717, 1.165) is 31.9 Å². The van der Waals surface area contributed by atoms with Crippen LogP contribution in [0.2, 0.25) is 5.02 Å². The molecule has 2 N–H and O–H groups in total. The fraction of sp³-hybridized carbons (Fsp3) is 0.500. The van der Waals surface area contributed by atoms with Crippen molar-refractivity contribution in [3.8, 4) is 0 Å². The molecule has 0 unspecified atom stereocenters. The first-order valence-electron chi connectivity index (χ1n) is 4.89. The number of nitrogens with one attached hydrogen (secondary N) is 2. The largest absolute Gasteiger partial charge is 0.369 e. The van der Waals surface area contributed by atoms with E-state index in [4.69, 9.17) is 11.6 Å². The highest BCUT2D eigenvalue weighted by Crippen LogP contribution is 2.16. The molecule has 1 aromatic heterocycles. The predicted octanol–water partition coefficient (Wildman–Crippen LogP) is 2.15. The highest BCUT2D eigenvalue weighted by atomic mass is 35.5. The van der Waals surface area contributed by atoms with Gasteiger partial charge in [-0.25, -0.2) is 4.98 Å². The van der Waals surface area contributed by atoms with Crippen molar-refractivity contribution in [2.24, 2.45) is 0 Å². The second-order valence-electron chi connectivity index (χ2n) is 2.97. The molecule has 1 rings (SSSR count). The molecule has 0 aliphatic rings. The standard InChI is InChI=1S/C10H16ClN3/c1-2-12-6-4-8-14-10-9(11)5-3-7-13-10/h3,5,7,12H,2,4,6,8H2,1H3,(H,13,14). The van der Waals surface area contributed by atoms with Gasteiger partial charge in [0.1, 0.15) is 5.82 Å².